The zero-order valence-electron chi connectivity index (χ0n) is 11.5. The Morgan fingerprint density at radius 2 is 2.11 bits per heavy atom. The summed E-state index contributed by atoms with van der Waals surface area (Å²) >= 11 is 0. The predicted octanol–water partition coefficient (Wildman–Crippen LogP) is 2.40. The number of carbonyl (C=O) groups is 1. The molecular weight excluding hydrogens is 240 g/mol. The molecule has 0 amide bonds. The molecule has 0 N–H and O–H groups in total. The summed E-state index contributed by atoms with van der Waals surface area (Å²) in [6, 6.07) is 9.42. The van der Waals surface area contributed by atoms with E-state index >= 15 is 0 Å². The maximum Gasteiger partial charge on any atom is 0.328 e. The van der Waals surface area contributed by atoms with E-state index in [0.29, 0.717) is 6.61 Å². The minimum absolute atomic E-state index is 0.246. The summed E-state index contributed by atoms with van der Waals surface area (Å²) in [7, 11) is 3.72. The standard InChI is InChI=1S/C15H18N2O2/c1-4-19-15(18)14(17(2)3)12-9-11-7-5-6-8-13(11)16-10-12/h5-10,14H,4H2,1-3H3/t14-/m1/s1. The molecule has 2 rings (SSSR count). The van der Waals surface area contributed by atoms with Gasteiger partial charge in [0.2, 0.25) is 0 Å². The van der Waals surface area contributed by atoms with Crippen LogP contribution in [-0.4, -0.2) is 36.6 Å². The molecule has 4 heteroatoms. The zero-order chi connectivity index (χ0) is 13.8. The molecule has 1 heterocycles. The quantitative estimate of drug-likeness (QED) is 0.790. The Bertz CT molecular complexity index is 581. The van der Waals surface area contributed by atoms with Crippen LogP contribution in [0, 0.1) is 0 Å². The Kier molecular flexibility index (Phi) is 4.12. The molecule has 0 bridgehead atoms. The number of para-hydroxylation sites is 1. The van der Waals surface area contributed by atoms with Crippen LogP contribution in [-0.2, 0) is 9.53 Å². The van der Waals surface area contributed by atoms with Crippen molar-refractivity contribution in [1.82, 2.24) is 9.88 Å². The minimum atomic E-state index is -0.419. The second-order valence-electron chi connectivity index (χ2n) is 4.58. The molecule has 2 aromatic rings. The van der Waals surface area contributed by atoms with Crippen LogP contribution < -0.4 is 0 Å². The van der Waals surface area contributed by atoms with Crippen LogP contribution in [0.15, 0.2) is 36.5 Å². The molecule has 1 aromatic heterocycles. The zero-order valence-corrected chi connectivity index (χ0v) is 11.5. The second-order valence-corrected chi connectivity index (χ2v) is 4.58. The third-order valence-corrected chi connectivity index (χ3v) is 2.95. The highest BCUT2D eigenvalue weighted by atomic mass is 16.5. The van der Waals surface area contributed by atoms with Gasteiger partial charge >= 0.3 is 5.97 Å². The Morgan fingerprint density at radius 3 is 2.79 bits per heavy atom. The third kappa shape index (κ3) is 2.90. The molecule has 0 aliphatic rings. The maximum atomic E-state index is 12.0. The van der Waals surface area contributed by atoms with E-state index in [1.165, 1.54) is 0 Å². The number of ether oxygens (including phenoxy) is 1. The molecule has 0 aliphatic carbocycles. The van der Waals surface area contributed by atoms with Crippen LogP contribution in [0.25, 0.3) is 10.9 Å². The summed E-state index contributed by atoms with van der Waals surface area (Å²) in [6.45, 7) is 2.19. The van der Waals surface area contributed by atoms with E-state index in [-0.39, 0.29) is 5.97 Å². The molecule has 0 unspecified atom stereocenters. The number of fused-ring (bicyclic) bond motifs is 1. The van der Waals surface area contributed by atoms with Gasteiger partial charge in [-0.05, 0) is 38.7 Å². The first-order valence-corrected chi connectivity index (χ1v) is 6.31. The van der Waals surface area contributed by atoms with Crippen molar-refractivity contribution in [3.05, 3.63) is 42.1 Å². The van der Waals surface area contributed by atoms with Gasteiger partial charge in [-0.15, -0.1) is 0 Å². The summed E-state index contributed by atoms with van der Waals surface area (Å²) in [4.78, 5) is 18.3. The highest BCUT2D eigenvalue weighted by molar-refractivity contribution is 5.82. The number of benzene rings is 1. The number of aromatic nitrogens is 1. The first-order valence-electron chi connectivity index (χ1n) is 6.31. The summed E-state index contributed by atoms with van der Waals surface area (Å²) in [6.07, 6.45) is 1.74. The number of likely N-dealkylation sites (N-methyl/N-ethyl adjacent to an activating group) is 1. The fraction of sp³-hybridized carbons (Fsp3) is 0.333. The van der Waals surface area contributed by atoms with Crippen LogP contribution >= 0.6 is 0 Å². The number of hydrogen-bond acceptors (Lipinski definition) is 4. The first kappa shape index (κ1) is 13.5. The SMILES string of the molecule is CCOC(=O)[C@@H](c1cnc2ccccc2c1)N(C)C. The van der Waals surface area contributed by atoms with Crippen LogP contribution in [0.1, 0.15) is 18.5 Å². The topological polar surface area (TPSA) is 42.4 Å². The lowest BCUT2D eigenvalue weighted by molar-refractivity contribution is -0.148. The number of nitrogens with zero attached hydrogens (tertiary/aromatic N) is 2. The lowest BCUT2D eigenvalue weighted by Gasteiger charge is -2.22. The smallest absolute Gasteiger partial charge is 0.328 e. The van der Waals surface area contributed by atoms with Gasteiger partial charge in [-0.1, -0.05) is 18.2 Å². The van der Waals surface area contributed by atoms with Crippen molar-refractivity contribution in [1.29, 1.82) is 0 Å². The Balaban J connectivity index is 2.41. The van der Waals surface area contributed by atoms with Gasteiger partial charge in [-0.3, -0.25) is 9.88 Å². The van der Waals surface area contributed by atoms with E-state index in [4.69, 9.17) is 4.74 Å². The molecule has 19 heavy (non-hydrogen) atoms. The fourth-order valence-electron chi connectivity index (χ4n) is 2.10. The van der Waals surface area contributed by atoms with Crippen molar-refractivity contribution in [2.75, 3.05) is 20.7 Å². The van der Waals surface area contributed by atoms with Gasteiger partial charge in [0, 0.05) is 11.6 Å². The van der Waals surface area contributed by atoms with Crippen LogP contribution in [0.2, 0.25) is 0 Å². The monoisotopic (exact) mass is 258 g/mol. The molecule has 0 saturated heterocycles. The molecule has 1 aromatic carbocycles. The highest BCUT2D eigenvalue weighted by Gasteiger charge is 2.24. The van der Waals surface area contributed by atoms with Crippen molar-refractivity contribution < 1.29 is 9.53 Å². The summed E-state index contributed by atoms with van der Waals surface area (Å²) < 4.78 is 5.12. The highest BCUT2D eigenvalue weighted by Crippen LogP contribution is 2.22. The minimum Gasteiger partial charge on any atom is -0.465 e. The molecule has 100 valence electrons. The number of rotatable bonds is 4. The average molecular weight is 258 g/mol. The largest absolute Gasteiger partial charge is 0.465 e. The van der Waals surface area contributed by atoms with E-state index in [0.717, 1.165) is 16.5 Å². The van der Waals surface area contributed by atoms with Crippen LogP contribution in [0.3, 0.4) is 0 Å². The third-order valence-electron chi connectivity index (χ3n) is 2.95. The molecule has 0 aliphatic heterocycles. The summed E-state index contributed by atoms with van der Waals surface area (Å²) in [5, 5.41) is 1.02. The Labute approximate surface area is 113 Å². The molecule has 4 nitrogen and oxygen atoms in total. The van der Waals surface area contributed by atoms with Gasteiger partial charge in [0.1, 0.15) is 6.04 Å². The lowest BCUT2D eigenvalue weighted by Crippen LogP contribution is -2.29. The fourth-order valence-corrected chi connectivity index (χ4v) is 2.10. The van der Waals surface area contributed by atoms with Crippen molar-refractivity contribution in [3.63, 3.8) is 0 Å². The lowest BCUT2D eigenvalue weighted by atomic mass is 10.1. The molecule has 0 saturated carbocycles. The van der Waals surface area contributed by atoms with Gasteiger partial charge in [0.05, 0.1) is 12.1 Å². The second kappa shape index (κ2) is 5.80. The van der Waals surface area contributed by atoms with Gasteiger partial charge in [0.15, 0.2) is 0 Å². The predicted molar refractivity (Wildman–Crippen MR) is 74.8 cm³/mol. The van der Waals surface area contributed by atoms with Gasteiger partial charge in [-0.2, -0.15) is 0 Å². The first-order chi connectivity index (χ1) is 9.13. The van der Waals surface area contributed by atoms with Crippen molar-refractivity contribution in [2.45, 2.75) is 13.0 Å². The van der Waals surface area contributed by atoms with Gasteiger partial charge < -0.3 is 4.74 Å². The number of esters is 1. The van der Waals surface area contributed by atoms with E-state index in [1.807, 2.05) is 56.3 Å². The van der Waals surface area contributed by atoms with Crippen LogP contribution in [0.5, 0.6) is 0 Å². The summed E-state index contributed by atoms with van der Waals surface area (Å²) in [5.41, 5.74) is 1.77. The van der Waals surface area contributed by atoms with E-state index in [9.17, 15) is 4.79 Å². The summed E-state index contributed by atoms with van der Waals surface area (Å²) in [5.74, 6) is -0.246. The van der Waals surface area contributed by atoms with Crippen molar-refractivity contribution >= 4 is 16.9 Å². The molecular formula is C15H18N2O2. The Morgan fingerprint density at radius 1 is 1.37 bits per heavy atom. The number of carbonyl (C=O) groups excluding carboxylic acids is 1. The number of pyridine rings is 1. The van der Waals surface area contributed by atoms with Crippen LogP contribution in [0.4, 0.5) is 0 Å². The van der Waals surface area contributed by atoms with Gasteiger partial charge in [-0.25, -0.2) is 4.79 Å². The normalized spacial score (nSPS) is 12.6. The van der Waals surface area contributed by atoms with Crippen molar-refractivity contribution in [3.8, 4) is 0 Å². The van der Waals surface area contributed by atoms with Crippen molar-refractivity contribution in [2.24, 2.45) is 0 Å². The molecule has 0 fully saturated rings. The van der Waals surface area contributed by atoms with E-state index in [1.54, 1.807) is 6.20 Å². The Hall–Kier alpha value is -1.94. The molecule has 1 atom stereocenters. The van der Waals surface area contributed by atoms with E-state index in [2.05, 4.69) is 4.98 Å². The number of hydrogen-bond donors (Lipinski definition) is 0. The molecule has 0 spiro atoms. The molecule has 0 radical (unpaired) electrons. The van der Waals surface area contributed by atoms with Gasteiger partial charge in [0.25, 0.3) is 0 Å². The maximum absolute atomic E-state index is 12.0. The average Bonchev–Trinajstić information content (AvgIpc) is 2.38. The van der Waals surface area contributed by atoms with E-state index < -0.39 is 6.04 Å².